The van der Waals surface area contributed by atoms with Crippen molar-refractivity contribution < 1.29 is 9.47 Å². The molecule has 0 spiro atoms. The first-order valence-electron chi connectivity index (χ1n) is 9.65. The van der Waals surface area contributed by atoms with Crippen molar-refractivity contribution in [3.8, 4) is 11.5 Å². The molecule has 1 N–H and O–H groups in total. The molecule has 27 heavy (non-hydrogen) atoms. The third kappa shape index (κ3) is 5.12. The van der Waals surface area contributed by atoms with Crippen molar-refractivity contribution in [2.24, 2.45) is 0 Å². The Morgan fingerprint density at radius 3 is 2.93 bits per heavy atom. The average molecular weight is 390 g/mol. The fraction of sp³-hybridized carbons (Fsp3) is 0.476. The Morgan fingerprint density at radius 1 is 1.30 bits per heavy atom. The molecule has 2 heterocycles. The molecular weight excluding hydrogens is 362 g/mol. The maximum absolute atomic E-state index is 6.53. The minimum atomic E-state index is 0.290. The van der Waals surface area contributed by atoms with Gasteiger partial charge in [0.2, 0.25) is 0 Å². The lowest BCUT2D eigenvalue weighted by molar-refractivity contribution is 0.153. The summed E-state index contributed by atoms with van der Waals surface area (Å²) in [6.07, 6.45) is 4.69. The molecule has 0 radical (unpaired) electrons. The number of halogens is 1. The van der Waals surface area contributed by atoms with E-state index in [2.05, 4.69) is 34.3 Å². The van der Waals surface area contributed by atoms with Gasteiger partial charge in [0, 0.05) is 44.6 Å². The van der Waals surface area contributed by atoms with E-state index in [4.69, 9.17) is 21.1 Å². The van der Waals surface area contributed by atoms with Crippen LogP contribution in [0.5, 0.6) is 11.5 Å². The summed E-state index contributed by atoms with van der Waals surface area (Å²) < 4.78 is 11.6. The molecule has 146 valence electrons. The first-order valence-corrected chi connectivity index (χ1v) is 10.0. The summed E-state index contributed by atoms with van der Waals surface area (Å²) in [4.78, 5) is 6.74. The smallest absolute Gasteiger partial charge is 0.179 e. The number of pyridine rings is 1. The van der Waals surface area contributed by atoms with Gasteiger partial charge in [-0.05, 0) is 42.7 Å². The molecule has 5 nitrogen and oxygen atoms in total. The number of aromatic nitrogens is 1. The van der Waals surface area contributed by atoms with Gasteiger partial charge < -0.3 is 14.8 Å². The van der Waals surface area contributed by atoms with Crippen LogP contribution in [0.15, 0.2) is 36.7 Å². The maximum Gasteiger partial charge on any atom is 0.179 e. The molecular formula is C21H28ClN3O2. The SMILES string of the molecule is CCCOc1c(Cl)cc(CN2CCNCC2c2cccnc2)cc1OCC. The molecule has 1 fully saturated rings. The van der Waals surface area contributed by atoms with Crippen LogP contribution in [-0.2, 0) is 6.54 Å². The predicted octanol–water partition coefficient (Wildman–Crippen LogP) is 4.07. The van der Waals surface area contributed by atoms with Gasteiger partial charge in [-0.2, -0.15) is 0 Å². The molecule has 0 aliphatic carbocycles. The highest BCUT2D eigenvalue weighted by Crippen LogP contribution is 2.37. The molecule has 1 unspecified atom stereocenters. The molecule has 1 atom stereocenters. The zero-order chi connectivity index (χ0) is 19.1. The Morgan fingerprint density at radius 2 is 2.19 bits per heavy atom. The van der Waals surface area contributed by atoms with E-state index in [1.807, 2.05) is 31.5 Å². The number of hydrogen-bond acceptors (Lipinski definition) is 5. The fourth-order valence-corrected chi connectivity index (χ4v) is 3.68. The molecule has 2 aromatic rings. The molecule has 0 amide bonds. The number of nitrogens with one attached hydrogen (secondary N) is 1. The van der Waals surface area contributed by atoms with E-state index < -0.39 is 0 Å². The summed E-state index contributed by atoms with van der Waals surface area (Å²) in [6.45, 7) is 8.90. The summed E-state index contributed by atoms with van der Waals surface area (Å²) in [6, 6.07) is 8.47. The summed E-state index contributed by atoms with van der Waals surface area (Å²) in [7, 11) is 0. The van der Waals surface area contributed by atoms with Gasteiger partial charge in [0.25, 0.3) is 0 Å². The van der Waals surface area contributed by atoms with E-state index in [1.165, 1.54) is 5.56 Å². The lowest BCUT2D eigenvalue weighted by Gasteiger charge is -2.36. The zero-order valence-corrected chi connectivity index (χ0v) is 16.8. The highest BCUT2D eigenvalue weighted by molar-refractivity contribution is 6.32. The van der Waals surface area contributed by atoms with Crippen LogP contribution in [0.25, 0.3) is 0 Å². The third-order valence-corrected chi connectivity index (χ3v) is 4.91. The monoisotopic (exact) mass is 389 g/mol. The summed E-state index contributed by atoms with van der Waals surface area (Å²) in [5.74, 6) is 1.37. The number of piperazine rings is 1. The van der Waals surface area contributed by atoms with Crippen LogP contribution in [0.1, 0.15) is 37.4 Å². The van der Waals surface area contributed by atoms with Gasteiger partial charge in [0.05, 0.1) is 18.2 Å². The Kier molecular flexibility index (Phi) is 7.33. The topological polar surface area (TPSA) is 46.6 Å². The van der Waals surface area contributed by atoms with Crippen LogP contribution >= 0.6 is 11.6 Å². The van der Waals surface area contributed by atoms with Crippen LogP contribution in [-0.4, -0.2) is 42.7 Å². The van der Waals surface area contributed by atoms with Gasteiger partial charge in [0.15, 0.2) is 11.5 Å². The van der Waals surface area contributed by atoms with Gasteiger partial charge in [-0.1, -0.05) is 24.6 Å². The first-order chi connectivity index (χ1) is 13.2. The predicted molar refractivity (Wildman–Crippen MR) is 109 cm³/mol. The van der Waals surface area contributed by atoms with Crippen LogP contribution in [0, 0.1) is 0 Å². The van der Waals surface area contributed by atoms with Crippen LogP contribution in [0.2, 0.25) is 5.02 Å². The van der Waals surface area contributed by atoms with E-state index in [0.29, 0.717) is 24.0 Å². The van der Waals surface area contributed by atoms with Crippen molar-refractivity contribution in [1.29, 1.82) is 0 Å². The summed E-state index contributed by atoms with van der Waals surface area (Å²) in [5, 5.41) is 4.09. The minimum absolute atomic E-state index is 0.290. The Balaban J connectivity index is 1.82. The first kappa shape index (κ1) is 19.9. The normalized spacial score (nSPS) is 17.7. The number of ether oxygens (including phenoxy) is 2. The number of nitrogens with zero attached hydrogens (tertiary/aromatic N) is 2. The van der Waals surface area contributed by atoms with Gasteiger partial charge >= 0.3 is 0 Å². The van der Waals surface area contributed by atoms with E-state index in [1.54, 1.807) is 0 Å². The van der Waals surface area contributed by atoms with E-state index in [-0.39, 0.29) is 6.04 Å². The van der Waals surface area contributed by atoms with Crippen molar-refractivity contribution in [2.75, 3.05) is 32.8 Å². The number of rotatable bonds is 8. The average Bonchev–Trinajstić information content (AvgIpc) is 2.69. The largest absolute Gasteiger partial charge is 0.490 e. The van der Waals surface area contributed by atoms with Gasteiger partial charge in [-0.15, -0.1) is 0 Å². The number of benzene rings is 1. The molecule has 0 saturated carbocycles. The molecule has 1 aliphatic rings. The maximum atomic E-state index is 6.53. The molecule has 1 saturated heterocycles. The van der Waals surface area contributed by atoms with Crippen molar-refractivity contribution in [1.82, 2.24) is 15.2 Å². The Bertz CT molecular complexity index is 727. The van der Waals surface area contributed by atoms with E-state index >= 15 is 0 Å². The highest BCUT2D eigenvalue weighted by Gasteiger charge is 2.24. The second-order valence-electron chi connectivity index (χ2n) is 6.66. The van der Waals surface area contributed by atoms with Gasteiger partial charge in [-0.25, -0.2) is 0 Å². The molecule has 1 aromatic heterocycles. The summed E-state index contributed by atoms with van der Waals surface area (Å²) in [5.41, 5.74) is 2.35. The third-order valence-electron chi connectivity index (χ3n) is 4.63. The van der Waals surface area contributed by atoms with Crippen LogP contribution in [0.3, 0.4) is 0 Å². The van der Waals surface area contributed by atoms with Crippen molar-refractivity contribution in [3.05, 3.63) is 52.8 Å². The second kappa shape index (κ2) is 9.93. The van der Waals surface area contributed by atoms with Crippen LogP contribution in [0.4, 0.5) is 0 Å². The molecule has 6 heteroatoms. The van der Waals surface area contributed by atoms with E-state index in [9.17, 15) is 0 Å². The standard InChI is InChI=1S/C21H28ClN3O2/c1-3-10-27-21-18(22)11-16(12-20(21)26-4-2)15-25-9-8-24-14-19(25)17-6-5-7-23-13-17/h5-7,11-13,19,24H,3-4,8-10,14-15H2,1-2H3. The quantitative estimate of drug-likeness (QED) is 0.737. The van der Waals surface area contributed by atoms with Gasteiger partial charge in [-0.3, -0.25) is 9.88 Å². The molecule has 0 bridgehead atoms. The minimum Gasteiger partial charge on any atom is -0.490 e. The van der Waals surface area contributed by atoms with Crippen LogP contribution < -0.4 is 14.8 Å². The van der Waals surface area contributed by atoms with Crippen molar-refractivity contribution in [2.45, 2.75) is 32.9 Å². The Labute approximate surface area is 166 Å². The van der Waals surface area contributed by atoms with E-state index in [0.717, 1.165) is 43.9 Å². The Hall–Kier alpha value is -1.82. The molecule has 1 aromatic carbocycles. The lowest BCUT2D eigenvalue weighted by Crippen LogP contribution is -2.45. The zero-order valence-electron chi connectivity index (χ0n) is 16.1. The van der Waals surface area contributed by atoms with Gasteiger partial charge in [0.1, 0.15) is 0 Å². The lowest BCUT2D eigenvalue weighted by atomic mass is 10.0. The second-order valence-corrected chi connectivity index (χ2v) is 7.07. The fourth-order valence-electron chi connectivity index (χ4n) is 3.39. The number of hydrogen-bond donors (Lipinski definition) is 1. The molecule has 1 aliphatic heterocycles. The summed E-state index contributed by atoms with van der Waals surface area (Å²) >= 11 is 6.53. The van der Waals surface area contributed by atoms with Crippen molar-refractivity contribution in [3.63, 3.8) is 0 Å². The highest BCUT2D eigenvalue weighted by atomic mass is 35.5. The molecule has 3 rings (SSSR count). The van der Waals surface area contributed by atoms with Crippen molar-refractivity contribution >= 4 is 11.6 Å².